The van der Waals surface area contributed by atoms with Crippen LogP contribution in [0.3, 0.4) is 0 Å². The van der Waals surface area contributed by atoms with Crippen molar-refractivity contribution < 1.29 is 10.0 Å². The third-order valence-corrected chi connectivity index (χ3v) is 2.85. The Morgan fingerprint density at radius 3 is 2.50 bits per heavy atom. The summed E-state index contributed by atoms with van der Waals surface area (Å²) in [4.78, 5) is 21.2. The minimum atomic E-state index is -1.91. The van der Waals surface area contributed by atoms with Gasteiger partial charge in [0, 0.05) is 6.07 Å². The summed E-state index contributed by atoms with van der Waals surface area (Å²) < 4.78 is -1.91. The molecule has 0 saturated heterocycles. The van der Waals surface area contributed by atoms with E-state index in [4.69, 9.17) is 40.5 Å². The van der Waals surface area contributed by atoms with Gasteiger partial charge in [0.15, 0.2) is 5.82 Å². The van der Waals surface area contributed by atoms with Crippen LogP contribution in [0, 0.1) is 10.1 Å². The van der Waals surface area contributed by atoms with E-state index >= 15 is 0 Å². The highest BCUT2D eigenvalue weighted by Gasteiger charge is 2.28. The fourth-order valence-corrected chi connectivity index (χ4v) is 1.69. The van der Waals surface area contributed by atoms with Crippen LogP contribution in [-0.4, -0.2) is 25.0 Å². The average molecular weight is 366 g/mol. The molecule has 0 bridgehead atoms. The van der Waals surface area contributed by atoms with Crippen LogP contribution < -0.4 is 11.1 Å². The van der Waals surface area contributed by atoms with Crippen LogP contribution in [0.15, 0.2) is 18.2 Å². The molecule has 0 radical (unpaired) electrons. The summed E-state index contributed by atoms with van der Waals surface area (Å²) in [6.07, 6.45) is 0. The van der Waals surface area contributed by atoms with Crippen LogP contribution in [0.1, 0.15) is 5.82 Å². The largest absolute Gasteiger partial charge is 0.506 e. The number of nitrogens with two attached hydrogens (primary N) is 1. The van der Waals surface area contributed by atoms with Crippen LogP contribution in [0.5, 0.6) is 5.75 Å². The predicted octanol–water partition coefficient (Wildman–Crippen LogP) is 2.64. The minimum Gasteiger partial charge on any atom is -0.506 e. The topological polar surface area (TPSA) is 140 Å². The summed E-state index contributed by atoms with van der Waals surface area (Å²) in [5.74, 6) is -0.907. The van der Waals surface area contributed by atoms with E-state index in [1.807, 2.05) is 0 Å². The Morgan fingerprint density at radius 1 is 1.27 bits per heavy atom. The summed E-state index contributed by atoms with van der Waals surface area (Å²) in [6, 6.07) is 3.41. The van der Waals surface area contributed by atoms with E-state index in [1.165, 1.54) is 12.1 Å². The van der Waals surface area contributed by atoms with Gasteiger partial charge >= 0.3 is 0 Å². The molecule has 9 nitrogen and oxygen atoms in total. The molecule has 2 rings (SSSR count). The van der Waals surface area contributed by atoms with Crippen LogP contribution >= 0.6 is 34.8 Å². The lowest BCUT2D eigenvalue weighted by Gasteiger charge is -2.12. The number of nitrogen functional groups attached to an aromatic ring is 1. The van der Waals surface area contributed by atoms with Crippen molar-refractivity contribution in [3.63, 3.8) is 0 Å². The van der Waals surface area contributed by atoms with Crippen molar-refractivity contribution in [3.05, 3.63) is 34.1 Å². The van der Waals surface area contributed by atoms with Gasteiger partial charge < -0.3 is 16.2 Å². The molecule has 4 N–H and O–H groups in total. The summed E-state index contributed by atoms with van der Waals surface area (Å²) in [6.45, 7) is 0. The number of anilines is 3. The molecule has 0 saturated carbocycles. The van der Waals surface area contributed by atoms with E-state index < -0.39 is 8.72 Å². The van der Waals surface area contributed by atoms with Gasteiger partial charge in [-0.3, -0.25) is 10.1 Å². The maximum atomic E-state index is 10.6. The third kappa shape index (κ3) is 3.75. The Balaban J connectivity index is 2.35. The quantitative estimate of drug-likeness (QED) is 0.326. The van der Waals surface area contributed by atoms with Gasteiger partial charge in [-0.15, -0.1) is 0 Å². The van der Waals surface area contributed by atoms with Gasteiger partial charge in [0.05, 0.1) is 16.7 Å². The molecule has 1 heterocycles. The number of aromatic nitrogens is 3. The van der Waals surface area contributed by atoms with Crippen molar-refractivity contribution in [2.45, 2.75) is 3.79 Å². The molecule has 1 aromatic carbocycles. The average Bonchev–Trinajstić information content (AvgIpc) is 2.39. The normalized spacial score (nSPS) is 11.2. The van der Waals surface area contributed by atoms with Crippen LogP contribution in [-0.2, 0) is 3.79 Å². The summed E-state index contributed by atoms with van der Waals surface area (Å²) in [5, 5.41) is 23.0. The molecule has 0 aliphatic heterocycles. The van der Waals surface area contributed by atoms with Gasteiger partial charge in [0.25, 0.3) is 5.69 Å². The van der Waals surface area contributed by atoms with Crippen molar-refractivity contribution >= 4 is 58.1 Å². The Morgan fingerprint density at radius 2 is 1.95 bits per heavy atom. The fourth-order valence-electron chi connectivity index (χ4n) is 1.43. The lowest BCUT2D eigenvalue weighted by molar-refractivity contribution is -0.384. The molecular formula is C10H7Cl3N6O3. The summed E-state index contributed by atoms with van der Waals surface area (Å²) in [7, 11) is 0. The molecule has 22 heavy (non-hydrogen) atoms. The van der Waals surface area contributed by atoms with Gasteiger partial charge in [0.1, 0.15) is 5.75 Å². The smallest absolute Gasteiger partial charge is 0.273 e. The zero-order chi connectivity index (χ0) is 16.5. The minimum absolute atomic E-state index is 0.0991. The first-order chi connectivity index (χ1) is 10.2. The highest BCUT2D eigenvalue weighted by atomic mass is 35.6. The molecule has 116 valence electrons. The van der Waals surface area contributed by atoms with Gasteiger partial charge in [-0.05, 0) is 6.07 Å². The highest BCUT2D eigenvalue weighted by Crippen LogP contribution is 2.37. The molecule has 0 spiro atoms. The number of phenolic OH excluding ortho intramolecular Hbond substituents is 1. The Labute approximate surface area is 138 Å². The van der Waals surface area contributed by atoms with Gasteiger partial charge in [-0.2, -0.15) is 15.0 Å². The standard InChI is InChI=1S/C10H7Cl3N6O3/c11-10(12,13)7-16-8(14)18-9(17-7)15-5-2-1-4(19(21)22)3-6(5)20/h1-3,20H,(H3,14,15,16,17,18). The molecular weight excluding hydrogens is 359 g/mol. The van der Waals surface area contributed by atoms with Crippen molar-refractivity contribution in [1.82, 2.24) is 15.0 Å². The molecule has 0 unspecified atom stereocenters. The number of aromatic hydroxyl groups is 1. The molecule has 1 aromatic heterocycles. The number of alkyl halides is 3. The Bertz CT molecular complexity index is 736. The van der Waals surface area contributed by atoms with Crippen molar-refractivity contribution in [2.75, 3.05) is 11.1 Å². The van der Waals surface area contributed by atoms with E-state index in [9.17, 15) is 15.2 Å². The first-order valence-corrected chi connectivity index (χ1v) is 6.63. The number of non-ortho nitro benzene ring substituents is 1. The number of hydrogen-bond donors (Lipinski definition) is 3. The number of nitro benzene ring substituents is 1. The molecule has 0 fully saturated rings. The SMILES string of the molecule is Nc1nc(Nc2ccc([N+](=O)[O-])cc2O)nc(C(Cl)(Cl)Cl)n1. The number of rotatable bonds is 3. The van der Waals surface area contributed by atoms with Crippen LogP contribution in [0.4, 0.5) is 23.3 Å². The second kappa shape index (κ2) is 5.95. The van der Waals surface area contributed by atoms with Crippen LogP contribution in [0.25, 0.3) is 0 Å². The second-order valence-corrected chi connectivity index (χ2v) is 6.20. The molecule has 0 aliphatic rings. The summed E-state index contributed by atoms with van der Waals surface area (Å²) in [5.41, 5.74) is 5.31. The number of hydrogen-bond acceptors (Lipinski definition) is 8. The first-order valence-electron chi connectivity index (χ1n) is 5.50. The van der Waals surface area contributed by atoms with E-state index in [2.05, 4.69) is 20.3 Å². The van der Waals surface area contributed by atoms with Crippen molar-refractivity contribution in [1.29, 1.82) is 0 Å². The highest BCUT2D eigenvalue weighted by molar-refractivity contribution is 6.66. The van der Waals surface area contributed by atoms with E-state index in [1.54, 1.807) is 0 Å². The summed E-state index contributed by atoms with van der Waals surface area (Å²) >= 11 is 17.0. The fraction of sp³-hybridized carbons (Fsp3) is 0.100. The third-order valence-electron chi connectivity index (χ3n) is 2.34. The maximum Gasteiger partial charge on any atom is 0.273 e. The number of nitrogens with zero attached hydrogens (tertiary/aromatic N) is 4. The zero-order valence-corrected chi connectivity index (χ0v) is 12.8. The van der Waals surface area contributed by atoms with Crippen molar-refractivity contribution in [3.8, 4) is 5.75 Å². The van der Waals surface area contributed by atoms with E-state index in [0.717, 1.165) is 6.07 Å². The number of phenols is 1. The monoisotopic (exact) mass is 364 g/mol. The number of nitro groups is 1. The molecule has 0 amide bonds. The lowest BCUT2D eigenvalue weighted by Crippen LogP contribution is -2.13. The predicted molar refractivity (Wildman–Crippen MR) is 81.5 cm³/mol. The van der Waals surface area contributed by atoms with Gasteiger partial charge in [-0.25, -0.2) is 0 Å². The number of nitrogens with one attached hydrogen (secondary N) is 1. The molecule has 0 atom stereocenters. The lowest BCUT2D eigenvalue weighted by atomic mass is 10.2. The molecule has 2 aromatic rings. The number of halogens is 3. The van der Waals surface area contributed by atoms with E-state index in [-0.39, 0.29) is 34.8 Å². The Kier molecular flexibility index (Phi) is 4.40. The van der Waals surface area contributed by atoms with Crippen molar-refractivity contribution in [2.24, 2.45) is 0 Å². The molecule has 12 heteroatoms. The van der Waals surface area contributed by atoms with Gasteiger partial charge in [0.2, 0.25) is 15.7 Å². The maximum absolute atomic E-state index is 10.6. The van der Waals surface area contributed by atoms with Gasteiger partial charge in [-0.1, -0.05) is 34.8 Å². The second-order valence-electron chi connectivity index (χ2n) is 3.92. The first kappa shape index (κ1) is 16.3. The number of benzene rings is 1. The molecule has 0 aliphatic carbocycles. The zero-order valence-electron chi connectivity index (χ0n) is 10.5. The van der Waals surface area contributed by atoms with E-state index in [0.29, 0.717) is 0 Å². The Hall–Kier alpha value is -2.10. The van der Waals surface area contributed by atoms with Crippen LogP contribution in [0.2, 0.25) is 0 Å².